The van der Waals surface area contributed by atoms with E-state index in [4.69, 9.17) is 4.74 Å². The van der Waals surface area contributed by atoms with Crippen molar-refractivity contribution in [3.63, 3.8) is 0 Å². The molecule has 0 saturated heterocycles. The first-order valence-corrected chi connectivity index (χ1v) is 4.69. The average Bonchev–Trinajstić information content (AvgIpc) is 2.81. The monoisotopic (exact) mass is 170 g/mol. The van der Waals surface area contributed by atoms with Crippen LogP contribution in [0.4, 0.5) is 0 Å². The van der Waals surface area contributed by atoms with Gasteiger partial charge in [0, 0.05) is 18.9 Å². The molecule has 12 heavy (non-hydrogen) atoms. The van der Waals surface area contributed by atoms with E-state index < -0.39 is 0 Å². The van der Waals surface area contributed by atoms with Crippen molar-refractivity contribution in [2.45, 2.75) is 26.7 Å². The van der Waals surface area contributed by atoms with Crippen LogP contribution < -0.4 is 0 Å². The fourth-order valence-corrected chi connectivity index (χ4v) is 1.56. The van der Waals surface area contributed by atoms with Gasteiger partial charge in [0.25, 0.3) is 0 Å². The van der Waals surface area contributed by atoms with Crippen molar-refractivity contribution in [1.82, 2.24) is 0 Å². The van der Waals surface area contributed by atoms with Gasteiger partial charge in [-0.25, -0.2) is 0 Å². The van der Waals surface area contributed by atoms with Crippen molar-refractivity contribution >= 4 is 5.78 Å². The zero-order valence-electron chi connectivity index (χ0n) is 8.17. The molecule has 0 aromatic rings. The lowest BCUT2D eigenvalue weighted by atomic mass is 9.92. The number of hydrogen-bond donors (Lipinski definition) is 0. The number of methoxy groups -OCH3 is 1. The number of carbonyl (C=O) groups excluding carboxylic acids is 1. The molecular weight excluding hydrogens is 152 g/mol. The molecule has 0 heterocycles. The van der Waals surface area contributed by atoms with Gasteiger partial charge in [0.1, 0.15) is 5.78 Å². The third-order valence-corrected chi connectivity index (χ3v) is 2.47. The summed E-state index contributed by atoms with van der Waals surface area (Å²) in [5.41, 5.74) is 0. The molecule has 0 N–H and O–H groups in total. The van der Waals surface area contributed by atoms with E-state index in [9.17, 15) is 4.79 Å². The topological polar surface area (TPSA) is 26.3 Å². The van der Waals surface area contributed by atoms with Gasteiger partial charge < -0.3 is 4.74 Å². The summed E-state index contributed by atoms with van der Waals surface area (Å²) in [7, 11) is 1.67. The highest BCUT2D eigenvalue weighted by Crippen LogP contribution is 2.38. The van der Waals surface area contributed by atoms with Gasteiger partial charge in [-0.3, -0.25) is 4.79 Å². The molecule has 0 aromatic heterocycles. The molecule has 1 aliphatic carbocycles. The van der Waals surface area contributed by atoms with Crippen LogP contribution in [0.5, 0.6) is 0 Å². The van der Waals surface area contributed by atoms with Gasteiger partial charge in [-0.2, -0.15) is 0 Å². The van der Waals surface area contributed by atoms with Crippen LogP contribution in [-0.4, -0.2) is 19.5 Å². The Morgan fingerprint density at radius 2 is 2.08 bits per heavy atom. The van der Waals surface area contributed by atoms with Crippen molar-refractivity contribution in [3.8, 4) is 0 Å². The summed E-state index contributed by atoms with van der Waals surface area (Å²) >= 11 is 0. The lowest BCUT2D eigenvalue weighted by molar-refractivity contribution is -0.128. The van der Waals surface area contributed by atoms with E-state index >= 15 is 0 Å². The Morgan fingerprint density at radius 3 is 2.42 bits per heavy atom. The summed E-state index contributed by atoms with van der Waals surface area (Å²) in [5, 5.41) is 0. The van der Waals surface area contributed by atoms with E-state index in [-0.39, 0.29) is 11.8 Å². The minimum Gasteiger partial charge on any atom is -0.384 e. The van der Waals surface area contributed by atoms with Crippen LogP contribution in [0.3, 0.4) is 0 Å². The highest BCUT2D eigenvalue weighted by molar-refractivity contribution is 5.83. The van der Waals surface area contributed by atoms with Crippen LogP contribution in [0.25, 0.3) is 0 Å². The molecule has 0 radical (unpaired) electrons. The first-order chi connectivity index (χ1) is 5.66. The zero-order chi connectivity index (χ0) is 9.14. The van der Waals surface area contributed by atoms with Crippen molar-refractivity contribution in [2.75, 3.05) is 13.7 Å². The van der Waals surface area contributed by atoms with Gasteiger partial charge in [-0.1, -0.05) is 13.8 Å². The summed E-state index contributed by atoms with van der Waals surface area (Å²) in [6.45, 7) is 4.54. The zero-order valence-corrected chi connectivity index (χ0v) is 8.17. The molecular formula is C10H18O2. The molecule has 0 amide bonds. The number of ketones is 1. The maximum Gasteiger partial charge on any atom is 0.141 e. The molecule has 1 saturated carbocycles. The average molecular weight is 170 g/mol. The smallest absolute Gasteiger partial charge is 0.141 e. The number of ether oxygens (including phenoxy) is 1. The summed E-state index contributed by atoms with van der Waals surface area (Å²) < 4.78 is 5.06. The Hall–Kier alpha value is -0.370. The molecule has 0 spiro atoms. The molecule has 0 aliphatic heterocycles. The first kappa shape index (κ1) is 9.72. The fraction of sp³-hybridized carbons (Fsp3) is 0.900. The maximum atomic E-state index is 11.6. The predicted octanol–water partition coefficient (Wildman–Crippen LogP) is 1.88. The Balaban J connectivity index is 2.46. The minimum atomic E-state index is 0.158. The Bertz CT molecular complexity index is 159. The van der Waals surface area contributed by atoms with Gasteiger partial charge in [-0.05, 0) is 18.8 Å². The Kier molecular flexibility index (Phi) is 3.27. The predicted molar refractivity (Wildman–Crippen MR) is 47.9 cm³/mol. The van der Waals surface area contributed by atoms with E-state index in [1.165, 1.54) is 12.8 Å². The Labute approximate surface area is 74.3 Å². The summed E-state index contributed by atoms with van der Waals surface area (Å²) in [5.74, 6) is 1.33. The van der Waals surface area contributed by atoms with E-state index in [1.807, 2.05) is 13.8 Å². The van der Waals surface area contributed by atoms with Crippen molar-refractivity contribution in [1.29, 1.82) is 0 Å². The second-order valence-electron chi connectivity index (χ2n) is 3.96. The van der Waals surface area contributed by atoms with Crippen LogP contribution in [-0.2, 0) is 9.53 Å². The molecule has 70 valence electrons. The molecule has 0 aromatic carbocycles. The molecule has 1 aliphatic rings. The molecule has 2 heteroatoms. The summed E-state index contributed by atoms with van der Waals surface area (Å²) in [6, 6.07) is 0. The molecule has 0 bridgehead atoms. The lowest BCUT2D eigenvalue weighted by Gasteiger charge is -2.15. The number of carbonyl (C=O) groups is 1. The quantitative estimate of drug-likeness (QED) is 0.629. The third-order valence-electron chi connectivity index (χ3n) is 2.47. The van der Waals surface area contributed by atoms with Crippen LogP contribution in [0, 0.1) is 17.8 Å². The molecule has 1 rings (SSSR count). The van der Waals surface area contributed by atoms with E-state index in [2.05, 4.69) is 0 Å². The lowest BCUT2D eigenvalue weighted by Crippen LogP contribution is -2.25. The largest absolute Gasteiger partial charge is 0.384 e. The number of rotatable bonds is 5. The van der Waals surface area contributed by atoms with Crippen LogP contribution >= 0.6 is 0 Å². The van der Waals surface area contributed by atoms with Gasteiger partial charge in [0.05, 0.1) is 6.61 Å². The SMILES string of the molecule is COCC(C(=O)C(C)C)C1CC1. The van der Waals surface area contributed by atoms with Gasteiger partial charge >= 0.3 is 0 Å². The van der Waals surface area contributed by atoms with Gasteiger partial charge in [-0.15, -0.1) is 0 Å². The standard InChI is InChI=1S/C10H18O2/c1-7(2)10(11)9(6-12-3)8-4-5-8/h7-9H,4-6H2,1-3H3. The van der Waals surface area contributed by atoms with E-state index in [0.29, 0.717) is 18.3 Å². The third kappa shape index (κ3) is 2.31. The second-order valence-corrected chi connectivity index (χ2v) is 3.96. The fourth-order valence-electron chi connectivity index (χ4n) is 1.56. The number of Topliss-reactive ketones (excluding diaryl/α,β-unsaturated/α-hetero) is 1. The highest BCUT2D eigenvalue weighted by atomic mass is 16.5. The van der Waals surface area contributed by atoms with Crippen molar-refractivity contribution in [3.05, 3.63) is 0 Å². The van der Waals surface area contributed by atoms with Crippen LogP contribution in [0.2, 0.25) is 0 Å². The summed E-state index contributed by atoms with van der Waals surface area (Å²) in [6.07, 6.45) is 2.43. The normalized spacial score (nSPS) is 19.7. The van der Waals surface area contributed by atoms with Crippen molar-refractivity contribution < 1.29 is 9.53 Å². The minimum absolute atomic E-state index is 0.158. The van der Waals surface area contributed by atoms with E-state index in [0.717, 1.165) is 0 Å². The summed E-state index contributed by atoms with van der Waals surface area (Å²) in [4.78, 5) is 11.6. The number of hydrogen-bond acceptors (Lipinski definition) is 2. The maximum absolute atomic E-state index is 11.6. The van der Waals surface area contributed by atoms with Crippen LogP contribution in [0.1, 0.15) is 26.7 Å². The highest BCUT2D eigenvalue weighted by Gasteiger charge is 2.36. The van der Waals surface area contributed by atoms with Crippen molar-refractivity contribution in [2.24, 2.45) is 17.8 Å². The molecule has 1 unspecified atom stereocenters. The van der Waals surface area contributed by atoms with E-state index in [1.54, 1.807) is 7.11 Å². The molecule has 1 atom stereocenters. The first-order valence-electron chi connectivity index (χ1n) is 4.69. The molecule has 1 fully saturated rings. The van der Waals surface area contributed by atoms with Crippen LogP contribution in [0.15, 0.2) is 0 Å². The van der Waals surface area contributed by atoms with Gasteiger partial charge in [0.2, 0.25) is 0 Å². The second kappa shape index (κ2) is 4.04. The van der Waals surface area contributed by atoms with Gasteiger partial charge in [0.15, 0.2) is 0 Å². The molecule has 2 nitrogen and oxygen atoms in total. The Morgan fingerprint density at radius 1 is 1.50 bits per heavy atom.